The molecule has 7 heteroatoms. The van der Waals surface area contributed by atoms with Gasteiger partial charge in [-0.05, 0) is 18.6 Å². The van der Waals surface area contributed by atoms with Crippen LogP contribution in [0.5, 0.6) is 5.75 Å². The monoisotopic (exact) mass is 342 g/mol. The number of hydrogen-bond donors (Lipinski definition) is 2. The van der Waals surface area contributed by atoms with Crippen LogP contribution in [0.4, 0.5) is 5.69 Å². The summed E-state index contributed by atoms with van der Waals surface area (Å²) in [5, 5.41) is 7.04. The van der Waals surface area contributed by atoms with Crippen LogP contribution in [-0.4, -0.2) is 37.5 Å². The van der Waals surface area contributed by atoms with Crippen molar-refractivity contribution in [2.75, 3.05) is 19.0 Å². The molecule has 1 aliphatic rings. The van der Waals surface area contributed by atoms with Gasteiger partial charge in [-0.15, -0.1) is 0 Å². The van der Waals surface area contributed by atoms with Crippen LogP contribution in [0.1, 0.15) is 12.8 Å². The van der Waals surface area contributed by atoms with E-state index in [0.29, 0.717) is 24.3 Å². The first-order chi connectivity index (χ1) is 12.1. The second-order valence-corrected chi connectivity index (χ2v) is 5.67. The van der Waals surface area contributed by atoms with Crippen LogP contribution in [0.15, 0.2) is 36.4 Å². The molecule has 25 heavy (non-hydrogen) atoms. The summed E-state index contributed by atoms with van der Waals surface area (Å²) in [5.74, 6) is -0.317. The Morgan fingerprint density at radius 3 is 2.64 bits per heavy atom. The Hall–Kier alpha value is -3.09. The summed E-state index contributed by atoms with van der Waals surface area (Å²) in [6.45, 7) is -0.194. The molecular weight excluding hydrogens is 324 g/mol. The number of carbonyl (C=O) groups excluding carboxylic acids is 3. The second kappa shape index (κ2) is 7.21. The Labute approximate surface area is 144 Å². The predicted octanol–water partition coefficient (Wildman–Crippen LogP) is 1.61. The van der Waals surface area contributed by atoms with Crippen molar-refractivity contribution < 1.29 is 23.9 Å². The molecule has 1 atom stereocenters. The predicted molar refractivity (Wildman–Crippen MR) is 91.3 cm³/mol. The summed E-state index contributed by atoms with van der Waals surface area (Å²) >= 11 is 0. The molecule has 130 valence electrons. The van der Waals surface area contributed by atoms with Gasteiger partial charge in [0.2, 0.25) is 11.8 Å². The van der Waals surface area contributed by atoms with E-state index in [0.717, 1.165) is 10.8 Å². The van der Waals surface area contributed by atoms with Crippen molar-refractivity contribution in [3.05, 3.63) is 36.4 Å². The Balaban J connectivity index is 1.83. The van der Waals surface area contributed by atoms with Crippen LogP contribution in [0.25, 0.3) is 10.8 Å². The maximum atomic E-state index is 12.3. The van der Waals surface area contributed by atoms with Crippen molar-refractivity contribution in [3.8, 4) is 5.75 Å². The summed E-state index contributed by atoms with van der Waals surface area (Å²) in [7, 11) is 1.30. The fourth-order valence-corrected chi connectivity index (χ4v) is 2.73. The fourth-order valence-electron chi connectivity index (χ4n) is 2.73. The number of ether oxygens (including phenoxy) is 2. The average molecular weight is 342 g/mol. The molecule has 0 aromatic heterocycles. The van der Waals surface area contributed by atoms with Crippen molar-refractivity contribution in [1.29, 1.82) is 0 Å². The lowest BCUT2D eigenvalue weighted by Crippen LogP contribution is -2.37. The standard InChI is InChI=1S/C18H18N2O5/c1-24-17(22)10-25-15-8-6-13(11-4-2-3-5-12(11)15)20-18(23)14-7-9-16(21)19-14/h2-6,8,14H,7,9-10H2,1H3,(H,19,21)(H,20,23)/t14-/m1/s1. The topological polar surface area (TPSA) is 93.7 Å². The second-order valence-electron chi connectivity index (χ2n) is 5.67. The lowest BCUT2D eigenvalue weighted by Gasteiger charge is -2.15. The Morgan fingerprint density at radius 2 is 1.96 bits per heavy atom. The maximum absolute atomic E-state index is 12.3. The summed E-state index contributed by atoms with van der Waals surface area (Å²) in [6, 6.07) is 10.3. The van der Waals surface area contributed by atoms with Gasteiger partial charge in [-0.25, -0.2) is 4.79 Å². The lowest BCUT2D eigenvalue weighted by atomic mass is 10.1. The zero-order chi connectivity index (χ0) is 17.8. The SMILES string of the molecule is COC(=O)COc1ccc(NC(=O)[C@H]2CCC(=O)N2)c2ccccc12. The number of carbonyl (C=O) groups is 3. The van der Waals surface area contributed by atoms with Gasteiger partial charge in [0.25, 0.3) is 0 Å². The van der Waals surface area contributed by atoms with Crippen LogP contribution in [-0.2, 0) is 19.1 Å². The summed E-state index contributed by atoms with van der Waals surface area (Å²) in [6.07, 6.45) is 0.849. The Kier molecular flexibility index (Phi) is 4.83. The number of nitrogens with one attached hydrogen (secondary N) is 2. The molecule has 0 aliphatic carbocycles. The van der Waals surface area contributed by atoms with Crippen LogP contribution in [0.3, 0.4) is 0 Å². The molecule has 0 spiro atoms. The highest BCUT2D eigenvalue weighted by atomic mass is 16.6. The molecule has 0 saturated carbocycles. The van der Waals surface area contributed by atoms with E-state index in [1.807, 2.05) is 24.3 Å². The molecule has 1 aliphatic heterocycles. The van der Waals surface area contributed by atoms with Crippen molar-refractivity contribution >= 4 is 34.2 Å². The summed E-state index contributed by atoms with van der Waals surface area (Å²) in [5.41, 5.74) is 0.618. The van der Waals surface area contributed by atoms with Crippen LogP contribution in [0.2, 0.25) is 0 Å². The van der Waals surface area contributed by atoms with E-state index in [1.165, 1.54) is 7.11 Å². The molecule has 2 aromatic carbocycles. The van der Waals surface area contributed by atoms with Crippen LogP contribution in [0, 0.1) is 0 Å². The minimum absolute atomic E-state index is 0.114. The number of anilines is 1. The minimum atomic E-state index is -0.512. The van der Waals surface area contributed by atoms with Crippen LogP contribution < -0.4 is 15.4 Å². The summed E-state index contributed by atoms with van der Waals surface area (Å²) in [4.78, 5) is 34.9. The molecule has 2 aromatic rings. The van der Waals surface area contributed by atoms with E-state index in [1.54, 1.807) is 12.1 Å². The Morgan fingerprint density at radius 1 is 1.20 bits per heavy atom. The highest BCUT2D eigenvalue weighted by Gasteiger charge is 2.27. The highest BCUT2D eigenvalue weighted by Crippen LogP contribution is 2.32. The van der Waals surface area contributed by atoms with Crippen molar-refractivity contribution in [2.24, 2.45) is 0 Å². The van der Waals surface area contributed by atoms with Gasteiger partial charge < -0.3 is 20.1 Å². The van der Waals surface area contributed by atoms with Gasteiger partial charge in [-0.2, -0.15) is 0 Å². The smallest absolute Gasteiger partial charge is 0.343 e. The fraction of sp³-hybridized carbons (Fsp3) is 0.278. The molecule has 0 radical (unpaired) electrons. The third kappa shape index (κ3) is 3.71. The van der Waals surface area contributed by atoms with Gasteiger partial charge in [0.05, 0.1) is 7.11 Å². The van der Waals surface area contributed by atoms with Gasteiger partial charge >= 0.3 is 5.97 Å². The number of rotatable bonds is 5. The van der Waals surface area contributed by atoms with Crippen molar-refractivity contribution in [1.82, 2.24) is 5.32 Å². The van der Waals surface area contributed by atoms with Gasteiger partial charge in [0.15, 0.2) is 6.61 Å². The van der Waals surface area contributed by atoms with Gasteiger partial charge in [-0.3, -0.25) is 9.59 Å². The number of amides is 2. The van der Waals surface area contributed by atoms with Gasteiger partial charge in [0.1, 0.15) is 11.8 Å². The van der Waals surface area contributed by atoms with E-state index >= 15 is 0 Å². The molecule has 1 heterocycles. The van der Waals surface area contributed by atoms with E-state index in [4.69, 9.17) is 4.74 Å². The molecule has 0 bridgehead atoms. The zero-order valence-corrected chi connectivity index (χ0v) is 13.7. The zero-order valence-electron chi connectivity index (χ0n) is 13.7. The molecular formula is C18H18N2O5. The molecule has 2 amide bonds. The van der Waals surface area contributed by atoms with E-state index in [2.05, 4.69) is 15.4 Å². The Bertz CT molecular complexity index is 833. The maximum Gasteiger partial charge on any atom is 0.343 e. The number of benzene rings is 2. The van der Waals surface area contributed by atoms with Crippen molar-refractivity contribution in [2.45, 2.75) is 18.9 Å². The van der Waals surface area contributed by atoms with Crippen LogP contribution >= 0.6 is 0 Å². The first-order valence-corrected chi connectivity index (χ1v) is 7.90. The molecule has 7 nitrogen and oxygen atoms in total. The summed E-state index contributed by atoms with van der Waals surface area (Å²) < 4.78 is 10.1. The number of esters is 1. The van der Waals surface area contributed by atoms with E-state index in [-0.39, 0.29) is 18.4 Å². The third-order valence-corrected chi connectivity index (χ3v) is 4.03. The number of fused-ring (bicyclic) bond motifs is 1. The van der Waals surface area contributed by atoms with Gasteiger partial charge in [0, 0.05) is 22.9 Å². The van der Waals surface area contributed by atoms with E-state index < -0.39 is 12.0 Å². The average Bonchev–Trinajstić information content (AvgIpc) is 3.07. The van der Waals surface area contributed by atoms with Gasteiger partial charge in [-0.1, -0.05) is 24.3 Å². The van der Waals surface area contributed by atoms with Crippen molar-refractivity contribution in [3.63, 3.8) is 0 Å². The van der Waals surface area contributed by atoms with E-state index in [9.17, 15) is 14.4 Å². The quantitative estimate of drug-likeness (QED) is 0.805. The normalized spacial score (nSPS) is 16.4. The minimum Gasteiger partial charge on any atom is -0.481 e. The molecule has 2 N–H and O–H groups in total. The first-order valence-electron chi connectivity index (χ1n) is 7.90. The highest BCUT2D eigenvalue weighted by molar-refractivity contribution is 6.06. The molecule has 3 rings (SSSR count). The first kappa shape index (κ1) is 16.8. The largest absolute Gasteiger partial charge is 0.481 e. The third-order valence-electron chi connectivity index (χ3n) is 4.03. The molecule has 1 saturated heterocycles. The lowest BCUT2D eigenvalue weighted by molar-refractivity contribution is -0.142. The number of hydrogen-bond acceptors (Lipinski definition) is 5. The molecule has 1 fully saturated rings. The number of methoxy groups -OCH3 is 1. The molecule has 0 unspecified atom stereocenters.